The fraction of sp³-hybridized carbons (Fsp3) is 0.364. The van der Waals surface area contributed by atoms with Crippen molar-refractivity contribution in [2.75, 3.05) is 19.0 Å². The van der Waals surface area contributed by atoms with E-state index in [1.807, 2.05) is 0 Å². The predicted molar refractivity (Wildman–Crippen MR) is 66.1 cm³/mol. The third-order valence-corrected chi connectivity index (χ3v) is 2.22. The van der Waals surface area contributed by atoms with Gasteiger partial charge in [0, 0.05) is 19.1 Å². The number of nitrogens with zero attached hydrogens (tertiary/aromatic N) is 1. The molecule has 0 aliphatic carbocycles. The lowest BCUT2D eigenvalue weighted by Gasteiger charge is -2.13. The number of carbonyl (C=O) groups excluding carboxylic acids is 1. The number of hydrogen-bond donors (Lipinski definition) is 4. The van der Waals surface area contributed by atoms with E-state index in [-0.39, 0.29) is 13.0 Å². The fourth-order valence-corrected chi connectivity index (χ4v) is 1.29. The van der Waals surface area contributed by atoms with Crippen LogP contribution in [0.25, 0.3) is 0 Å². The topological polar surface area (TPSA) is 121 Å². The van der Waals surface area contributed by atoms with Crippen LogP contribution in [0.15, 0.2) is 18.3 Å². The van der Waals surface area contributed by atoms with Crippen molar-refractivity contribution in [2.45, 2.75) is 12.5 Å². The Morgan fingerprint density at radius 2 is 2.21 bits per heavy atom. The number of carboxylic acid groups (broad SMARTS) is 1. The zero-order chi connectivity index (χ0) is 14.3. The minimum absolute atomic E-state index is 0.0659. The van der Waals surface area contributed by atoms with E-state index in [1.165, 1.54) is 13.3 Å². The molecule has 0 aliphatic rings. The van der Waals surface area contributed by atoms with Gasteiger partial charge >= 0.3 is 12.0 Å². The summed E-state index contributed by atoms with van der Waals surface area (Å²) in [5.41, 5.74) is 0.395. The Hall–Kier alpha value is -2.35. The van der Waals surface area contributed by atoms with Crippen molar-refractivity contribution < 1.29 is 24.5 Å². The molecular formula is C11H15N3O5. The Balaban J connectivity index is 2.55. The third kappa shape index (κ3) is 4.80. The van der Waals surface area contributed by atoms with Crippen molar-refractivity contribution in [1.82, 2.24) is 10.3 Å². The van der Waals surface area contributed by atoms with Crippen molar-refractivity contribution in [3.8, 4) is 5.88 Å². The smallest absolute Gasteiger partial charge is 0.326 e. The van der Waals surface area contributed by atoms with Gasteiger partial charge in [-0.3, -0.25) is 0 Å². The van der Waals surface area contributed by atoms with Gasteiger partial charge in [0.2, 0.25) is 5.88 Å². The molecule has 0 saturated carbocycles. The minimum Gasteiger partial charge on any atom is -0.481 e. The van der Waals surface area contributed by atoms with Crippen LogP contribution < -0.4 is 15.4 Å². The molecule has 0 fully saturated rings. The van der Waals surface area contributed by atoms with Crippen LogP contribution in [0.4, 0.5) is 10.5 Å². The summed E-state index contributed by atoms with van der Waals surface area (Å²) in [6.45, 7) is -0.332. The van der Waals surface area contributed by atoms with Crippen LogP contribution in [0.5, 0.6) is 5.88 Å². The third-order valence-electron chi connectivity index (χ3n) is 2.22. The van der Waals surface area contributed by atoms with Gasteiger partial charge in [-0.2, -0.15) is 0 Å². The highest BCUT2D eigenvalue weighted by molar-refractivity contribution is 5.92. The van der Waals surface area contributed by atoms with Gasteiger partial charge in [-0.15, -0.1) is 0 Å². The lowest BCUT2D eigenvalue weighted by atomic mass is 10.2. The number of pyridine rings is 1. The van der Waals surface area contributed by atoms with Gasteiger partial charge in [-0.1, -0.05) is 0 Å². The Morgan fingerprint density at radius 3 is 2.68 bits per heavy atom. The number of carboxylic acids is 1. The Bertz CT molecular complexity index is 434. The molecule has 4 N–H and O–H groups in total. The molecule has 1 aromatic rings. The quantitative estimate of drug-likeness (QED) is 0.579. The van der Waals surface area contributed by atoms with E-state index in [1.54, 1.807) is 12.1 Å². The molecule has 0 aliphatic heterocycles. The van der Waals surface area contributed by atoms with Crippen LogP contribution >= 0.6 is 0 Å². The number of methoxy groups -OCH3 is 1. The van der Waals surface area contributed by atoms with Gasteiger partial charge in [0.05, 0.1) is 19.0 Å². The maximum atomic E-state index is 11.5. The average Bonchev–Trinajstić information content (AvgIpc) is 2.39. The molecule has 0 radical (unpaired) electrons. The van der Waals surface area contributed by atoms with E-state index >= 15 is 0 Å². The van der Waals surface area contributed by atoms with Gasteiger partial charge in [0.25, 0.3) is 0 Å². The van der Waals surface area contributed by atoms with Gasteiger partial charge in [0.1, 0.15) is 6.04 Å². The molecule has 104 valence electrons. The predicted octanol–water partition coefficient (Wildman–Crippen LogP) is 0.0473. The summed E-state index contributed by atoms with van der Waals surface area (Å²) in [6, 6.07) is 1.29. The molecule has 2 amide bonds. The monoisotopic (exact) mass is 269 g/mol. The number of amides is 2. The number of hydrogen-bond acceptors (Lipinski definition) is 5. The zero-order valence-electron chi connectivity index (χ0n) is 10.3. The van der Waals surface area contributed by atoms with Gasteiger partial charge in [0.15, 0.2) is 0 Å². The zero-order valence-corrected chi connectivity index (χ0v) is 10.3. The number of carbonyl (C=O) groups is 2. The highest BCUT2D eigenvalue weighted by Crippen LogP contribution is 2.10. The number of rotatable bonds is 6. The van der Waals surface area contributed by atoms with Crippen LogP contribution in [0, 0.1) is 0 Å². The van der Waals surface area contributed by atoms with Crippen LogP contribution in [-0.2, 0) is 4.79 Å². The molecule has 19 heavy (non-hydrogen) atoms. The van der Waals surface area contributed by atoms with Gasteiger partial charge in [-0.05, 0) is 6.07 Å². The summed E-state index contributed by atoms with van der Waals surface area (Å²) in [4.78, 5) is 26.2. The van der Waals surface area contributed by atoms with Crippen LogP contribution in [0.3, 0.4) is 0 Å². The summed E-state index contributed by atoms with van der Waals surface area (Å²) < 4.78 is 4.86. The first kappa shape index (κ1) is 14.7. The van der Waals surface area contributed by atoms with Crippen molar-refractivity contribution >= 4 is 17.7 Å². The van der Waals surface area contributed by atoms with Crippen LogP contribution in [0.2, 0.25) is 0 Å². The summed E-state index contributed by atoms with van der Waals surface area (Å²) in [6.07, 6.45) is 1.31. The summed E-state index contributed by atoms with van der Waals surface area (Å²) in [7, 11) is 1.47. The van der Waals surface area contributed by atoms with E-state index in [0.717, 1.165) is 0 Å². The van der Waals surface area contributed by atoms with Gasteiger partial charge in [-0.25, -0.2) is 14.6 Å². The van der Waals surface area contributed by atoms with Crippen molar-refractivity contribution in [1.29, 1.82) is 0 Å². The molecule has 1 rings (SSSR count). The summed E-state index contributed by atoms with van der Waals surface area (Å²) >= 11 is 0. The number of aliphatic hydroxyl groups is 1. The normalized spacial score (nSPS) is 11.5. The SMILES string of the molecule is COc1ccc(NC(=O)N[C@H](CCO)C(=O)O)cn1. The van der Waals surface area contributed by atoms with Gasteiger partial charge < -0.3 is 25.6 Å². The van der Waals surface area contributed by atoms with E-state index in [4.69, 9.17) is 14.9 Å². The first-order chi connectivity index (χ1) is 9.06. The molecule has 8 heteroatoms. The van der Waals surface area contributed by atoms with Crippen LogP contribution in [0.1, 0.15) is 6.42 Å². The molecule has 1 heterocycles. The van der Waals surface area contributed by atoms with E-state index in [2.05, 4.69) is 15.6 Å². The molecule has 1 aromatic heterocycles. The molecule has 0 saturated heterocycles. The first-order valence-electron chi connectivity index (χ1n) is 5.48. The number of anilines is 1. The standard InChI is InChI=1S/C11H15N3O5/c1-19-9-3-2-7(6-12-9)13-11(18)14-8(4-5-15)10(16)17/h2-3,6,8,15H,4-5H2,1H3,(H,16,17)(H2,13,14,18)/t8-/m1/s1. The number of nitrogens with one attached hydrogen (secondary N) is 2. The number of urea groups is 1. The molecule has 0 spiro atoms. The Kier molecular flexibility index (Phi) is 5.55. The number of ether oxygens (including phenoxy) is 1. The molecule has 8 nitrogen and oxygen atoms in total. The molecule has 0 aromatic carbocycles. The average molecular weight is 269 g/mol. The second kappa shape index (κ2) is 7.17. The maximum absolute atomic E-state index is 11.5. The van der Waals surface area contributed by atoms with Crippen molar-refractivity contribution in [3.63, 3.8) is 0 Å². The van der Waals surface area contributed by atoms with Crippen molar-refractivity contribution in [3.05, 3.63) is 18.3 Å². The maximum Gasteiger partial charge on any atom is 0.326 e. The highest BCUT2D eigenvalue weighted by Gasteiger charge is 2.19. The summed E-state index contributed by atoms with van der Waals surface area (Å²) in [5.74, 6) is -0.813. The number of aliphatic carboxylic acids is 1. The lowest BCUT2D eigenvalue weighted by Crippen LogP contribution is -2.43. The lowest BCUT2D eigenvalue weighted by molar-refractivity contribution is -0.139. The molecule has 0 bridgehead atoms. The van der Waals surface area contributed by atoms with Crippen LogP contribution in [-0.4, -0.2) is 47.0 Å². The number of aliphatic hydroxyl groups excluding tert-OH is 1. The summed E-state index contributed by atoms with van der Waals surface area (Å²) in [5, 5.41) is 22.1. The number of aromatic nitrogens is 1. The minimum atomic E-state index is -1.21. The van der Waals surface area contributed by atoms with E-state index in [9.17, 15) is 9.59 Å². The Labute approximate surface area is 109 Å². The molecule has 1 atom stereocenters. The molecule has 0 unspecified atom stereocenters. The second-order valence-electron chi connectivity index (χ2n) is 3.59. The van der Waals surface area contributed by atoms with Crippen molar-refractivity contribution in [2.24, 2.45) is 0 Å². The fourth-order valence-electron chi connectivity index (χ4n) is 1.29. The highest BCUT2D eigenvalue weighted by atomic mass is 16.5. The molecular weight excluding hydrogens is 254 g/mol. The van der Waals surface area contributed by atoms with E-state index < -0.39 is 18.0 Å². The Morgan fingerprint density at radius 1 is 1.47 bits per heavy atom. The largest absolute Gasteiger partial charge is 0.481 e. The van der Waals surface area contributed by atoms with E-state index in [0.29, 0.717) is 11.6 Å². The first-order valence-corrected chi connectivity index (χ1v) is 5.48. The second-order valence-corrected chi connectivity index (χ2v) is 3.59.